The third-order valence-electron chi connectivity index (χ3n) is 3.61. The van der Waals surface area contributed by atoms with Gasteiger partial charge in [-0.3, -0.25) is 0 Å². The van der Waals surface area contributed by atoms with E-state index in [-0.39, 0.29) is 11.7 Å². The molecule has 1 nitrogen and oxygen atoms in total. The Hall–Kier alpha value is -1.41. The highest BCUT2D eigenvalue weighted by Crippen LogP contribution is 2.53. The van der Waals surface area contributed by atoms with Crippen LogP contribution in [0.2, 0.25) is 0 Å². The van der Waals surface area contributed by atoms with E-state index >= 15 is 0 Å². The normalized spacial score (nSPS) is 28.3. The quantitative estimate of drug-likeness (QED) is 0.776. The molecule has 0 radical (unpaired) electrons. The maximum atomic E-state index is 13.6. The Morgan fingerprint density at radius 1 is 1.19 bits per heavy atom. The van der Waals surface area contributed by atoms with Gasteiger partial charge in [0.15, 0.2) is 0 Å². The summed E-state index contributed by atoms with van der Waals surface area (Å²) in [5.74, 6) is 0.0395. The number of halogens is 1. The van der Waals surface area contributed by atoms with Crippen LogP contribution in [0.5, 0.6) is 0 Å². The Morgan fingerprint density at radius 3 is 2.44 bits per heavy atom. The molecule has 1 N–H and O–H groups in total. The van der Waals surface area contributed by atoms with Crippen LogP contribution in [0.4, 0.5) is 4.39 Å². The van der Waals surface area contributed by atoms with Gasteiger partial charge in [-0.1, -0.05) is 37.3 Å². The molecule has 0 amide bonds. The highest BCUT2D eigenvalue weighted by atomic mass is 19.1. The molecule has 1 aliphatic carbocycles. The average molecular weight is 216 g/mol. The first-order valence-electron chi connectivity index (χ1n) is 5.53. The first kappa shape index (κ1) is 9.79. The van der Waals surface area contributed by atoms with Gasteiger partial charge in [0.1, 0.15) is 5.82 Å². The van der Waals surface area contributed by atoms with E-state index in [0.29, 0.717) is 5.39 Å². The molecule has 3 rings (SSSR count). The number of fused-ring (bicyclic) bond motifs is 1. The van der Waals surface area contributed by atoms with Gasteiger partial charge in [-0.05, 0) is 29.4 Å². The van der Waals surface area contributed by atoms with Crippen molar-refractivity contribution in [2.45, 2.75) is 18.9 Å². The summed E-state index contributed by atoms with van der Waals surface area (Å²) in [6.45, 7) is 2.01. The predicted molar refractivity (Wildman–Crippen MR) is 61.6 cm³/mol. The van der Waals surface area contributed by atoms with Crippen molar-refractivity contribution in [3.63, 3.8) is 0 Å². The molecular formula is C14H13FO. The fourth-order valence-electron chi connectivity index (χ4n) is 2.42. The Bertz CT molecular complexity index is 564. The Labute approximate surface area is 93.5 Å². The first-order chi connectivity index (χ1) is 7.63. The van der Waals surface area contributed by atoms with Gasteiger partial charge < -0.3 is 5.11 Å². The van der Waals surface area contributed by atoms with E-state index in [9.17, 15) is 9.50 Å². The summed E-state index contributed by atoms with van der Waals surface area (Å²) in [4.78, 5) is 0. The number of hydrogen-bond donors (Lipinski definition) is 1. The molecule has 0 spiro atoms. The van der Waals surface area contributed by atoms with Crippen LogP contribution >= 0.6 is 0 Å². The Morgan fingerprint density at radius 2 is 1.81 bits per heavy atom. The molecule has 16 heavy (non-hydrogen) atoms. The van der Waals surface area contributed by atoms with E-state index in [1.807, 2.05) is 25.1 Å². The van der Waals surface area contributed by atoms with Crippen LogP contribution in [0.25, 0.3) is 10.8 Å². The lowest BCUT2D eigenvalue weighted by Crippen LogP contribution is -2.08. The second-order valence-electron chi connectivity index (χ2n) is 4.67. The number of rotatable bonds is 1. The predicted octanol–water partition coefficient (Wildman–Crippen LogP) is 3.21. The van der Waals surface area contributed by atoms with Crippen molar-refractivity contribution in [3.05, 3.63) is 47.8 Å². The smallest absolute Gasteiger partial charge is 0.131 e. The summed E-state index contributed by atoms with van der Waals surface area (Å²) in [6.07, 6.45) is 0.766. The van der Waals surface area contributed by atoms with Crippen LogP contribution in [-0.2, 0) is 5.60 Å². The van der Waals surface area contributed by atoms with Gasteiger partial charge in [0, 0.05) is 5.39 Å². The lowest BCUT2D eigenvalue weighted by Gasteiger charge is -2.13. The number of aliphatic hydroxyl groups is 1. The zero-order valence-electron chi connectivity index (χ0n) is 9.07. The van der Waals surface area contributed by atoms with Crippen molar-refractivity contribution in [3.8, 4) is 0 Å². The molecule has 0 bridgehead atoms. The van der Waals surface area contributed by atoms with E-state index in [1.54, 1.807) is 12.1 Å². The zero-order chi connectivity index (χ0) is 11.3. The van der Waals surface area contributed by atoms with Gasteiger partial charge in [-0.15, -0.1) is 0 Å². The third-order valence-corrected chi connectivity index (χ3v) is 3.61. The van der Waals surface area contributed by atoms with Gasteiger partial charge >= 0.3 is 0 Å². The molecule has 0 heterocycles. The molecule has 0 aliphatic heterocycles. The fraction of sp³-hybridized carbons (Fsp3) is 0.286. The van der Waals surface area contributed by atoms with Crippen molar-refractivity contribution in [2.75, 3.05) is 0 Å². The van der Waals surface area contributed by atoms with Crippen LogP contribution in [0.3, 0.4) is 0 Å². The molecule has 2 aromatic carbocycles. The molecular weight excluding hydrogens is 203 g/mol. The van der Waals surface area contributed by atoms with E-state index in [0.717, 1.165) is 17.4 Å². The second kappa shape index (κ2) is 3.05. The number of benzene rings is 2. The molecule has 1 fully saturated rings. The molecule has 1 aliphatic rings. The standard InChI is InChI=1S/C14H13FO/c1-9-8-14(9,16)12-6-7-13(15)11-5-3-2-4-10(11)12/h2-7,9,16H,8H2,1H3. The summed E-state index contributed by atoms with van der Waals surface area (Å²) < 4.78 is 13.6. The lowest BCUT2D eigenvalue weighted by atomic mass is 9.97. The molecule has 82 valence electrons. The van der Waals surface area contributed by atoms with Gasteiger partial charge in [0.05, 0.1) is 5.60 Å². The van der Waals surface area contributed by atoms with E-state index < -0.39 is 5.60 Å². The minimum absolute atomic E-state index is 0.226. The van der Waals surface area contributed by atoms with Crippen LogP contribution in [0, 0.1) is 11.7 Å². The van der Waals surface area contributed by atoms with E-state index in [4.69, 9.17) is 0 Å². The molecule has 2 unspecified atom stereocenters. The topological polar surface area (TPSA) is 20.2 Å². The third kappa shape index (κ3) is 1.20. The molecule has 0 saturated heterocycles. The minimum Gasteiger partial charge on any atom is -0.385 e. The monoisotopic (exact) mass is 216 g/mol. The van der Waals surface area contributed by atoms with Crippen LogP contribution in [0.15, 0.2) is 36.4 Å². The highest BCUT2D eigenvalue weighted by molar-refractivity contribution is 5.87. The van der Waals surface area contributed by atoms with E-state index in [2.05, 4.69) is 0 Å². The van der Waals surface area contributed by atoms with Crippen molar-refractivity contribution < 1.29 is 9.50 Å². The molecule has 2 atom stereocenters. The first-order valence-corrected chi connectivity index (χ1v) is 5.53. The SMILES string of the molecule is CC1CC1(O)c1ccc(F)c2ccccc12. The van der Waals surface area contributed by atoms with Gasteiger partial charge in [-0.25, -0.2) is 4.39 Å². The zero-order valence-corrected chi connectivity index (χ0v) is 9.07. The highest BCUT2D eigenvalue weighted by Gasteiger charge is 2.51. The maximum absolute atomic E-state index is 13.6. The van der Waals surface area contributed by atoms with Crippen molar-refractivity contribution >= 4 is 10.8 Å². The van der Waals surface area contributed by atoms with Gasteiger partial charge in [0.25, 0.3) is 0 Å². The largest absolute Gasteiger partial charge is 0.385 e. The van der Waals surface area contributed by atoms with E-state index in [1.165, 1.54) is 6.07 Å². The van der Waals surface area contributed by atoms with Crippen molar-refractivity contribution in [2.24, 2.45) is 5.92 Å². The Balaban J connectivity index is 2.31. The summed E-state index contributed by atoms with van der Waals surface area (Å²) >= 11 is 0. The molecule has 2 heteroatoms. The minimum atomic E-state index is -0.743. The summed E-state index contributed by atoms with van der Waals surface area (Å²) in [6, 6.07) is 10.5. The average Bonchev–Trinajstić information content (AvgIpc) is 2.88. The maximum Gasteiger partial charge on any atom is 0.131 e. The van der Waals surface area contributed by atoms with Crippen molar-refractivity contribution in [1.29, 1.82) is 0 Å². The molecule has 1 saturated carbocycles. The number of hydrogen-bond acceptors (Lipinski definition) is 1. The van der Waals surface area contributed by atoms with Crippen molar-refractivity contribution in [1.82, 2.24) is 0 Å². The van der Waals surface area contributed by atoms with Crippen LogP contribution < -0.4 is 0 Å². The van der Waals surface area contributed by atoms with Crippen LogP contribution in [-0.4, -0.2) is 5.11 Å². The Kier molecular flexibility index (Phi) is 1.86. The summed E-state index contributed by atoms with van der Waals surface area (Å²) in [5.41, 5.74) is 0.116. The second-order valence-corrected chi connectivity index (χ2v) is 4.67. The lowest BCUT2D eigenvalue weighted by molar-refractivity contribution is 0.136. The van der Waals surface area contributed by atoms with Gasteiger partial charge in [-0.2, -0.15) is 0 Å². The summed E-state index contributed by atoms with van der Waals surface area (Å²) in [7, 11) is 0. The summed E-state index contributed by atoms with van der Waals surface area (Å²) in [5, 5.41) is 11.8. The fourth-order valence-corrected chi connectivity index (χ4v) is 2.42. The molecule has 2 aromatic rings. The van der Waals surface area contributed by atoms with Crippen LogP contribution in [0.1, 0.15) is 18.9 Å². The molecule has 0 aromatic heterocycles. The van der Waals surface area contributed by atoms with Gasteiger partial charge in [0.2, 0.25) is 0 Å².